The van der Waals surface area contributed by atoms with Crippen LogP contribution in [0.3, 0.4) is 0 Å². The maximum atomic E-state index is 12.8. The Morgan fingerprint density at radius 2 is 2.14 bits per heavy atom. The van der Waals surface area contributed by atoms with Crippen molar-refractivity contribution < 1.29 is 9.53 Å². The zero-order chi connectivity index (χ0) is 14.9. The summed E-state index contributed by atoms with van der Waals surface area (Å²) in [5.41, 5.74) is 0.689. The molecule has 114 valence electrons. The predicted molar refractivity (Wildman–Crippen MR) is 91.4 cm³/mol. The van der Waals surface area contributed by atoms with Crippen molar-refractivity contribution in [2.75, 3.05) is 18.1 Å². The van der Waals surface area contributed by atoms with Crippen molar-refractivity contribution in [3.63, 3.8) is 0 Å². The van der Waals surface area contributed by atoms with Crippen molar-refractivity contribution in [2.24, 2.45) is 5.92 Å². The fourth-order valence-electron chi connectivity index (χ4n) is 3.25. The van der Waals surface area contributed by atoms with E-state index in [1.165, 1.54) is 0 Å². The van der Waals surface area contributed by atoms with E-state index < -0.39 is 0 Å². The Balaban J connectivity index is 1.77. The molecule has 3 rings (SSSR count). The quantitative estimate of drug-likeness (QED) is 0.667. The lowest BCUT2D eigenvalue weighted by Gasteiger charge is -2.43. The van der Waals surface area contributed by atoms with E-state index in [1.54, 1.807) is 12.1 Å². The Morgan fingerprint density at radius 1 is 1.38 bits per heavy atom. The number of rotatable bonds is 2. The summed E-state index contributed by atoms with van der Waals surface area (Å²) in [6, 6.07) is 5.40. The molecule has 2 nitrogen and oxygen atoms in total. The highest BCUT2D eigenvalue weighted by molar-refractivity contribution is 9.10. The van der Waals surface area contributed by atoms with Gasteiger partial charge in [-0.3, -0.25) is 4.79 Å². The Morgan fingerprint density at radius 3 is 2.86 bits per heavy atom. The molecular weight excluding hydrogens is 372 g/mol. The SMILES string of the molecule is O=C(c1ccc(Cl)cc1Br)C1CCOC2(CCSCC2)C1. The molecule has 0 aromatic heterocycles. The number of halogens is 2. The molecule has 21 heavy (non-hydrogen) atoms. The maximum absolute atomic E-state index is 12.8. The highest BCUT2D eigenvalue weighted by Gasteiger charge is 2.41. The van der Waals surface area contributed by atoms with Crippen molar-refractivity contribution in [1.82, 2.24) is 0 Å². The first-order chi connectivity index (χ1) is 10.1. The first-order valence-corrected chi connectivity index (χ1v) is 9.63. The van der Waals surface area contributed by atoms with Crippen LogP contribution in [-0.4, -0.2) is 29.5 Å². The largest absolute Gasteiger partial charge is 0.375 e. The van der Waals surface area contributed by atoms with Crippen molar-refractivity contribution in [3.05, 3.63) is 33.3 Å². The van der Waals surface area contributed by atoms with E-state index in [4.69, 9.17) is 16.3 Å². The Labute approximate surface area is 143 Å². The van der Waals surface area contributed by atoms with Crippen LogP contribution in [0.25, 0.3) is 0 Å². The Hall–Kier alpha value is -0.0300. The number of carbonyl (C=O) groups is 1. The lowest BCUT2D eigenvalue weighted by atomic mass is 9.79. The molecule has 0 saturated carbocycles. The van der Waals surface area contributed by atoms with Crippen LogP contribution in [-0.2, 0) is 4.74 Å². The van der Waals surface area contributed by atoms with Gasteiger partial charge in [0.25, 0.3) is 0 Å². The summed E-state index contributed by atoms with van der Waals surface area (Å²) < 4.78 is 6.87. The molecular formula is C16H18BrClO2S. The summed E-state index contributed by atoms with van der Waals surface area (Å²) in [5.74, 6) is 2.58. The van der Waals surface area contributed by atoms with Crippen LogP contribution in [0.5, 0.6) is 0 Å². The average molecular weight is 390 g/mol. The molecule has 2 aliphatic heterocycles. The average Bonchev–Trinajstić information content (AvgIpc) is 2.47. The van der Waals surface area contributed by atoms with Gasteiger partial charge in [0.05, 0.1) is 5.60 Å². The molecule has 0 N–H and O–H groups in total. The summed E-state index contributed by atoms with van der Waals surface area (Å²) in [5, 5.41) is 0.645. The highest BCUT2D eigenvalue weighted by atomic mass is 79.9. The normalized spacial score (nSPS) is 25.0. The molecule has 2 aliphatic rings. The molecule has 0 aliphatic carbocycles. The fraction of sp³-hybridized carbons (Fsp3) is 0.562. The summed E-state index contributed by atoms with van der Waals surface area (Å²) in [6.07, 6.45) is 3.83. The van der Waals surface area contributed by atoms with Crippen molar-refractivity contribution in [1.29, 1.82) is 0 Å². The smallest absolute Gasteiger partial charge is 0.167 e. The topological polar surface area (TPSA) is 26.3 Å². The van der Waals surface area contributed by atoms with E-state index in [0.29, 0.717) is 11.6 Å². The summed E-state index contributed by atoms with van der Waals surface area (Å²) in [6.45, 7) is 0.701. The van der Waals surface area contributed by atoms with Gasteiger partial charge in [0.2, 0.25) is 0 Å². The first kappa shape index (κ1) is 15.9. The molecule has 1 unspecified atom stereocenters. The second kappa shape index (κ2) is 6.61. The predicted octanol–water partition coefficient (Wildman–Crippen LogP) is 4.98. The van der Waals surface area contributed by atoms with Gasteiger partial charge in [-0.1, -0.05) is 11.6 Å². The van der Waals surface area contributed by atoms with Gasteiger partial charge in [0.15, 0.2) is 5.78 Å². The van der Waals surface area contributed by atoms with Crippen LogP contribution >= 0.6 is 39.3 Å². The molecule has 2 fully saturated rings. The number of carbonyl (C=O) groups excluding carboxylic acids is 1. The van der Waals surface area contributed by atoms with Crippen LogP contribution in [0, 0.1) is 5.92 Å². The van der Waals surface area contributed by atoms with E-state index in [0.717, 1.165) is 47.2 Å². The van der Waals surface area contributed by atoms with Gasteiger partial charge in [-0.2, -0.15) is 11.8 Å². The fourth-order valence-corrected chi connectivity index (χ4v) is 5.37. The third-order valence-corrected chi connectivity index (χ3v) is 6.34. The monoisotopic (exact) mass is 388 g/mol. The standard InChI is InChI=1S/C16H18BrClO2S/c17-14-9-12(18)1-2-13(14)15(19)11-3-6-20-16(10-11)4-7-21-8-5-16/h1-2,9,11H,3-8,10H2. The molecule has 0 bridgehead atoms. The number of thioether (sulfide) groups is 1. The minimum absolute atomic E-state index is 0.0528. The second-order valence-corrected chi connectivity index (χ2v) is 8.34. The van der Waals surface area contributed by atoms with Gasteiger partial charge in [0.1, 0.15) is 0 Å². The lowest BCUT2D eigenvalue weighted by molar-refractivity contribution is -0.0959. The molecule has 1 aromatic carbocycles. The minimum atomic E-state index is -0.0528. The molecule has 2 heterocycles. The van der Waals surface area contributed by atoms with Gasteiger partial charge in [-0.05, 0) is 71.3 Å². The van der Waals surface area contributed by atoms with Crippen molar-refractivity contribution in [3.8, 4) is 0 Å². The Bertz CT molecular complexity index is 538. The van der Waals surface area contributed by atoms with E-state index in [1.807, 2.05) is 17.8 Å². The van der Waals surface area contributed by atoms with Crippen LogP contribution < -0.4 is 0 Å². The number of hydrogen-bond donors (Lipinski definition) is 0. The van der Waals surface area contributed by atoms with E-state index >= 15 is 0 Å². The summed E-state index contributed by atoms with van der Waals surface area (Å²) in [7, 11) is 0. The maximum Gasteiger partial charge on any atom is 0.167 e. The van der Waals surface area contributed by atoms with Gasteiger partial charge in [-0.25, -0.2) is 0 Å². The molecule has 1 atom stereocenters. The van der Waals surface area contributed by atoms with Crippen LogP contribution in [0.2, 0.25) is 5.02 Å². The third-order valence-electron chi connectivity index (χ3n) is 4.46. The number of Topliss-reactive ketones (excluding diaryl/α,β-unsaturated/α-hetero) is 1. The van der Waals surface area contributed by atoms with E-state index in [-0.39, 0.29) is 17.3 Å². The molecule has 5 heteroatoms. The van der Waals surface area contributed by atoms with Gasteiger partial charge >= 0.3 is 0 Å². The van der Waals surface area contributed by atoms with Crippen LogP contribution in [0.15, 0.2) is 22.7 Å². The van der Waals surface area contributed by atoms with Gasteiger partial charge < -0.3 is 4.74 Å². The highest BCUT2D eigenvalue weighted by Crippen LogP contribution is 2.41. The molecule has 1 spiro atoms. The van der Waals surface area contributed by atoms with Crippen LogP contribution in [0.1, 0.15) is 36.0 Å². The molecule has 1 aromatic rings. The van der Waals surface area contributed by atoms with E-state index in [9.17, 15) is 4.79 Å². The molecule has 2 saturated heterocycles. The van der Waals surface area contributed by atoms with E-state index in [2.05, 4.69) is 15.9 Å². The van der Waals surface area contributed by atoms with Gasteiger partial charge in [0, 0.05) is 27.6 Å². The van der Waals surface area contributed by atoms with Crippen LogP contribution in [0.4, 0.5) is 0 Å². The molecule has 0 radical (unpaired) electrons. The third kappa shape index (κ3) is 3.49. The summed E-state index contributed by atoms with van der Waals surface area (Å²) in [4.78, 5) is 12.8. The minimum Gasteiger partial charge on any atom is -0.375 e. The van der Waals surface area contributed by atoms with Crippen molar-refractivity contribution >= 4 is 45.1 Å². The lowest BCUT2D eigenvalue weighted by Crippen LogP contribution is -2.44. The Kier molecular flexibility index (Phi) is 4.99. The zero-order valence-electron chi connectivity index (χ0n) is 11.7. The number of ketones is 1. The summed E-state index contributed by atoms with van der Waals surface area (Å²) >= 11 is 11.4. The molecule has 0 amide bonds. The number of ether oxygens (including phenoxy) is 1. The number of benzene rings is 1. The number of hydrogen-bond acceptors (Lipinski definition) is 3. The zero-order valence-corrected chi connectivity index (χ0v) is 14.9. The second-order valence-electron chi connectivity index (χ2n) is 5.82. The van der Waals surface area contributed by atoms with Crippen molar-refractivity contribution in [2.45, 2.75) is 31.3 Å². The first-order valence-electron chi connectivity index (χ1n) is 7.31. The van der Waals surface area contributed by atoms with Gasteiger partial charge in [-0.15, -0.1) is 0 Å².